The Balaban J connectivity index is 1.97. The second-order valence-corrected chi connectivity index (χ2v) is 5.23. The molecule has 1 aromatic rings. The van der Waals surface area contributed by atoms with Crippen molar-refractivity contribution in [2.75, 3.05) is 13.1 Å². The molecule has 0 saturated carbocycles. The zero-order valence-corrected chi connectivity index (χ0v) is 12.2. The second kappa shape index (κ2) is 6.55. The Morgan fingerprint density at radius 1 is 1.40 bits per heavy atom. The van der Waals surface area contributed by atoms with E-state index in [9.17, 15) is 9.59 Å². The maximum atomic E-state index is 12.3. The molecule has 1 heterocycles. The number of benzene rings is 1. The van der Waals surface area contributed by atoms with E-state index in [1.807, 2.05) is 19.1 Å². The number of carbonyl (C=O) groups excluding carboxylic acids is 2. The quantitative estimate of drug-likeness (QED) is 0.908. The fourth-order valence-electron chi connectivity index (χ4n) is 2.69. The number of piperazine rings is 1. The summed E-state index contributed by atoms with van der Waals surface area (Å²) in [5.74, 6) is 0.0537. The zero-order valence-electron chi connectivity index (χ0n) is 12.2. The number of hydrogen-bond acceptors (Lipinski definition) is 2. The van der Waals surface area contributed by atoms with Gasteiger partial charge in [0.15, 0.2) is 0 Å². The van der Waals surface area contributed by atoms with Gasteiger partial charge < -0.3 is 10.2 Å². The minimum atomic E-state index is -0.298. The molecule has 1 fully saturated rings. The Hall–Kier alpha value is -1.84. The lowest BCUT2D eigenvalue weighted by molar-refractivity contribution is -0.143. The van der Waals surface area contributed by atoms with Crippen LogP contribution in [0.2, 0.25) is 0 Å². The fourth-order valence-corrected chi connectivity index (χ4v) is 2.69. The van der Waals surface area contributed by atoms with Gasteiger partial charge in [0, 0.05) is 19.5 Å². The topological polar surface area (TPSA) is 49.4 Å². The van der Waals surface area contributed by atoms with Crippen molar-refractivity contribution in [2.45, 2.75) is 39.2 Å². The minimum Gasteiger partial charge on any atom is -0.353 e. The first kappa shape index (κ1) is 14.6. The van der Waals surface area contributed by atoms with Crippen LogP contribution in [-0.4, -0.2) is 35.8 Å². The molecule has 1 aliphatic heterocycles. The molecule has 2 rings (SSSR count). The molecule has 0 aromatic heterocycles. The third-order valence-electron chi connectivity index (χ3n) is 3.91. The number of aryl methyl sites for hydroxylation is 2. The van der Waals surface area contributed by atoms with Gasteiger partial charge in [-0.2, -0.15) is 0 Å². The number of hydrogen-bond donors (Lipinski definition) is 1. The maximum absolute atomic E-state index is 12.3. The highest BCUT2D eigenvalue weighted by atomic mass is 16.2. The lowest BCUT2D eigenvalue weighted by Crippen LogP contribution is -2.56. The molecule has 0 radical (unpaired) electrons. The second-order valence-electron chi connectivity index (χ2n) is 5.23. The smallest absolute Gasteiger partial charge is 0.242 e. The summed E-state index contributed by atoms with van der Waals surface area (Å²) in [6.45, 7) is 5.18. The Kier molecular flexibility index (Phi) is 4.77. The normalized spacial score (nSPS) is 18.8. The standard InChI is InChI=1S/C16H22N2O2/c1-3-14-16(20)17-10-11-18(14)15(19)9-8-13-7-5-4-6-12(13)2/h4-7,14H,3,8-11H2,1-2H3,(H,17,20). The third-order valence-corrected chi connectivity index (χ3v) is 3.91. The van der Waals surface area contributed by atoms with Crippen LogP contribution in [0, 0.1) is 6.92 Å². The van der Waals surface area contributed by atoms with Crippen molar-refractivity contribution in [1.82, 2.24) is 10.2 Å². The summed E-state index contributed by atoms with van der Waals surface area (Å²) in [5, 5.41) is 2.82. The molecule has 108 valence electrons. The van der Waals surface area contributed by atoms with Gasteiger partial charge in [-0.15, -0.1) is 0 Å². The molecule has 0 aliphatic carbocycles. The summed E-state index contributed by atoms with van der Waals surface area (Å²) >= 11 is 0. The lowest BCUT2D eigenvalue weighted by atomic mass is 10.0. The first-order chi connectivity index (χ1) is 9.63. The number of nitrogens with zero attached hydrogens (tertiary/aromatic N) is 1. The van der Waals surface area contributed by atoms with Gasteiger partial charge in [0.2, 0.25) is 11.8 Å². The van der Waals surface area contributed by atoms with Crippen LogP contribution in [-0.2, 0) is 16.0 Å². The van der Waals surface area contributed by atoms with Gasteiger partial charge >= 0.3 is 0 Å². The molecule has 1 saturated heterocycles. The molecule has 2 amide bonds. The van der Waals surface area contributed by atoms with Crippen molar-refractivity contribution in [3.8, 4) is 0 Å². The summed E-state index contributed by atoms with van der Waals surface area (Å²) in [5.41, 5.74) is 2.42. The first-order valence-corrected chi connectivity index (χ1v) is 7.25. The van der Waals surface area contributed by atoms with Gasteiger partial charge in [0.05, 0.1) is 0 Å². The van der Waals surface area contributed by atoms with Crippen molar-refractivity contribution in [1.29, 1.82) is 0 Å². The van der Waals surface area contributed by atoms with E-state index < -0.39 is 0 Å². The van der Waals surface area contributed by atoms with Crippen LogP contribution in [0.1, 0.15) is 30.9 Å². The highest BCUT2D eigenvalue weighted by Crippen LogP contribution is 2.14. The van der Waals surface area contributed by atoms with E-state index in [1.54, 1.807) is 4.90 Å². The van der Waals surface area contributed by atoms with E-state index in [2.05, 4.69) is 24.4 Å². The predicted octanol–water partition coefficient (Wildman–Crippen LogP) is 1.66. The Bertz CT molecular complexity index is 499. The highest BCUT2D eigenvalue weighted by Gasteiger charge is 2.30. The van der Waals surface area contributed by atoms with Gasteiger partial charge in [-0.3, -0.25) is 9.59 Å². The van der Waals surface area contributed by atoms with Gasteiger partial charge in [0.1, 0.15) is 6.04 Å². The highest BCUT2D eigenvalue weighted by molar-refractivity contribution is 5.88. The van der Waals surface area contributed by atoms with Crippen molar-refractivity contribution in [3.05, 3.63) is 35.4 Å². The largest absolute Gasteiger partial charge is 0.353 e. The Morgan fingerprint density at radius 2 is 2.15 bits per heavy atom. The van der Waals surface area contributed by atoms with Gasteiger partial charge in [-0.05, 0) is 30.9 Å². The fraction of sp³-hybridized carbons (Fsp3) is 0.500. The Morgan fingerprint density at radius 3 is 2.85 bits per heavy atom. The van der Waals surface area contributed by atoms with Crippen molar-refractivity contribution in [2.24, 2.45) is 0 Å². The van der Waals surface area contributed by atoms with Crippen molar-refractivity contribution < 1.29 is 9.59 Å². The van der Waals surface area contributed by atoms with E-state index in [-0.39, 0.29) is 17.9 Å². The molecule has 4 heteroatoms. The molecule has 4 nitrogen and oxygen atoms in total. The average Bonchev–Trinajstić information content (AvgIpc) is 2.46. The van der Waals surface area contributed by atoms with Crippen LogP contribution in [0.4, 0.5) is 0 Å². The molecule has 20 heavy (non-hydrogen) atoms. The lowest BCUT2D eigenvalue weighted by Gasteiger charge is -2.34. The van der Waals surface area contributed by atoms with Crippen LogP contribution < -0.4 is 5.32 Å². The molecule has 1 atom stereocenters. The van der Waals surface area contributed by atoms with Crippen LogP contribution in [0.25, 0.3) is 0 Å². The molecule has 1 unspecified atom stereocenters. The average molecular weight is 274 g/mol. The Labute approximate surface area is 120 Å². The first-order valence-electron chi connectivity index (χ1n) is 7.25. The van der Waals surface area contributed by atoms with E-state index in [0.29, 0.717) is 25.9 Å². The summed E-state index contributed by atoms with van der Waals surface area (Å²) < 4.78 is 0. The number of rotatable bonds is 4. The summed E-state index contributed by atoms with van der Waals surface area (Å²) in [6, 6.07) is 7.82. The summed E-state index contributed by atoms with van der Waals surface area (Å²) in [6.07, 6.45) is 1.87. The van der Waals surface area contributed by atoms with E-state index >= 15 is 0 Å². The monoisotopic (exact) mass is 274 g/mol. The van der Waals surface area contributed by atoms with E-state index in [1.165, 1.54) is 11.1 Å². The van der Waals surface area contributed by atoms with Gasteiger partial charge in [-0.1, -0.05) is 31.2 Å². The minimum absolute atomic E-state index is 0.0250. The molecular weight excluding hydrogens is 252 g/mol. The van der Waals surface area contributed by atoms with E-state index in [4.69, 9.17) is 0 Å². The third kappa shape index (κ3) is 3.18. The molecule has 1 aromatic carbocycles. The predicted molar refractivity (Wildman–Crippen MR) is 78.3 cm³/mol. The molecule has 1 aliphatic rings. The van der Waals surface area contributed by atoms with Crippen LogP contribution in [0.15, 0.2) is 24.3 Å². The molecule has 0 bridgehead atoms. The van der Waals surface area contributed by atoms with E-state index in [0.717, 1.165) is 6.42 Å². The molecule has 0 spiro atoms. The SMILES string of the molecule is CCC1C(=O)NCCN1C(=O)CCc1ccccc1C. The van der Waals surface area contributed by atoms with Gasteiger partial charge in [-0.25, -0.2) is 0 Å². The number of amides is 2. The molecular formula is C16H22N2O2. The molecule has 1 N–H and O–H groups in total. The summed E-state index contributed by atoms with van der Waals surface area (Å²) in [4.78, 5) is 25.8. The van der Waals surface area contributed by atoms with Crippen LogP contribution in [0.5, 0.6) is 0 Å². The van der Waals surface area contributed by atoms with Crippen molar-refractivity contribution >= 4 is 11.8 Å². The zero-order chi connectivity index (χ0) is 14.5. The number of nitrogens with one attached hydrogen (secondary N) is 1. The number of carbonyl (C=O) groups is 2. The van der Waals surface area contributed by atoms with Crippen molar-refractivity contribution in [3.63, 3.8) is 0 Å². The van der Waals surface area contributed by atoms with Crippen LogP contribution in [0.3, 0.4) is 0 Å². The maximum Gasteiger partial charge on any atom is 0.242 e. The summed E-state index contributed by atoms with van der Waals surface area (Å²) in [7, 11) is 0. The van der Waals surface area contributed by atoms with Crippen LogP contribution >= 0.6 is 0 Å². The van der Waals surface area contributed by atoms with Gasteiger partial charge in [0.25, 0.3) is 0 Å².